The molecule has 0 fully saturated rings. The summed E-state index contributed by atoms with van der Waals surface area (Å²) in [5, 5.41) is 3.15. The first-order valence-electron chi connectivity index (χ1n) is 12.6. The molecule has 5 rings (SSSR count). The maximum Gasteiger partial charge on any atom is 0.305 e. The van der Waals surface area contributed by atoms with Gasteiger partial charge in [-0.1, -0.05) is 36.4 Å². The van der Waals surface area contributed by atoms with Crippen molar-refractivity contribution in [3.8, 4) is 11.5 Å². The standard InChI is InChI=1S/C25H23N3O3.C5H8O3/c1-26-18-9-8-17-10-19-14-27-21-13-24(31-15-16-6-4-3-5-7-16)23(30-2)12-20(21)25(29)28(19)22(17)11-18;1-8-5(7)3-2-4-6/h3-9,11-14,19,26H,10,15H2,1-2H3;4H,2-3H2,1H3. The van der Waals surface area contributed by atoms with E-state index in [1.807, 2.05) is 60.6 Å². The lowest BCUT2D eigenvalue weighted by atomic mass is 10.1. The third kappa shape index (κ3) is 6.26. The van der Waals surface area contributed by atoms with Crippen molar-refractivity contribution >= 4 is 41.4 Å². The van der Waals surface area contributed by atoms with Crippen LogP contribution >= 0.6 is 0 Å². The first-order chi connectivity index (χ1) is 19.0. The monoisotopic (exact) mass is 529 g/mol. The van der Waals surface area contributed by atoms with E-state index in [9.17, 15) is 14.4 Å². The van der Waals surface area contributed by atoms with E-state index in [4.69, 9.17) is 9.47 Å². The van der Waals surface area contributed by atoms with E-state index in [0.29, 0.717) is 35.6 Å². The van der Waals surface area contributed by atoms with E-state index in [2.05, 4.69) is 21.1 Å². The highest BCUT2D eigenvalue weighted by Crippen LogP contribution is 2.41. The fourth-order valence-electron chi connectivity index (χ4n) is 4.40. The Morgan fingerprint density at radius 3 is 2.59 bits per heavy atom. The number of nitrogens with one attached hydrogen (secondary N) is 1. The quantitative estimate of drug-likeness (QED) is 0.332. The molecule has 202 valence electrons. The van der Waals surface area contributed by atoms with Crippen LogP contribution in [0.1, 0.15) is 34.3 Å². The molecule has 0 bridgehead atoms. The summed E-state index contributed by atoms with van der Waals surface area (Å²) in [5.41, 5.74) is 5.18. The van der Waals surface area contributed by atoms with E-state index in [1.165, 1.54) is 7.11 Å². The van der Waals surface area contributed by atoms with Gasteiger partial charge in [0.1, 0.15) is 12.9 Å². The highest BCUT2D eigenvalue weighted by atomic mass is 16.5. The van der Waals surface area contributed by atoms with Gasteiger partial charge in [-0.15, -0.1) is 0 Å². The first-order valence-corrected chi connectivity index (χ1v) is 12.6. The molecule has 0 aliphatic carbocycles. The minimum absolute atomic E-state index is 0.0857. The summed E-state index contributed by atoms with van der Waals surface area (Å²) in [5.74, 6) is 0.657. The van der Waals surface area contributed by atoms with Crippen molar-refractivity contribution in [2.24, 2.45) is 4.99 Å². The third-order valence-electron chi connectivity index (χ3n) is 6.44. The molecular formula is C30H31N3O6. The van der Waals surface area contributed by atoms with Crippen LogP contribution in [0.2, 0.25) is 0 Å². The molecule has 1 N–H and O–H groups in total. The Hall–Kier alpha value is -4.66. The number of esters is 1. The number of amides is 1. The van der Waals surface area contributed by atoms with E-state index in [1.54, 1.807) is 19.2 Å². The summed E-state index contributed by atoms with van der Waals surface area (Å²) < 4.78 is 15.8. The van der Waals surface area contributed by atoms with Gasteiger partial charge in [-0.25, -0.2) is 0 Å². The lowest BCUT2D eigenvalue weighted by molar-refractivity contribution is -0.141. The van der Waals surface area contributed by atoms with Gasteiger partial charge in [0.25, 0.3) is 5.91 Å². The molecule has 1 atom stereocenters. The van der Waals surface area contributed by atoms with Crippen LogP contribution in [0.4, 0.5) is 17.1 Å². The number of ether oxygens (including phenoxy) is 3. The lowest BCUT2D eigenvalue weighted by Crippen LogP contribution is -2.37. The molecule has 2 aliphatic heterocycles. The SMILES string of the molecule is CNc1ccc2c(c1)N1C(=O)c3cc(OC)c(OCc4ccccc4)cc3N=CC1C2.COC(=O)CCC=O. The fraction of sp³-hybridized carbons (Fsp3) is 0.267. The zero-order chi connectivity index (χ0) is 27.8. The topological polar surface area (TPSA) is 107 Å². The van der Waals surface area contributed by atoms with Gasteiger partial charge in [0, 0.05) is 37.9 Å². The Bertz CT molecular complexity index is 1370. The van der Waals surface area contributed by atoms with Gasteiger partial charge in [-0.3, -0.25) is 19.5 Å². The van der Waals surface area contributed by atoms with Gasteiger partial charge < -0.3 is 24.3 Å². The maximum atomic E-state index is 13.6. The number of fused-ring (bicyclic) bond motifs is 4. The van der Waals surface area contributed by atoms with Crippen LogP contribution in [0.15, 0.2) is 65.7 Å². The molecule has 9 nitrogen and oxygen atoms in total. The Kier molecular flexibility index (Phi) is 8.94. The summed E-state index contributed by atoms with van der Waals surface area (Å²) in [7, 11) is 4.75. The van der Waals surface area contributed by atoms with Crippen LogP contribution in [0.3, 0.4) is 0 Å². The van der Waals surface area contributed by atoms with Crippen molar-refractivity contribution in [2.45, 2.75) is 31.9 Å². The predicted octanol–water partition coefficient (Wildman–Crippen LogP) is 4.74. The Balaban J connectivity index is 0.000000386. The van der Waals surface area contributed by atoms with Crippen LogP contribution in [-0.4, -0.2) is 51.7 Å². The van der Waals surface area contributed by atoms with Crippen LogP contribution < -0.4 is 19.7 Å². The van der Waals surface area contributed by atoms with Crippen LogP contribution in [0.5, 0.6) is 11.5 Å². The van der Waals surface area contributed by atoms with Crippen LogP contribution in [0.25, 0.3) is 0 Å². The third-order valence-corrected chi connectivity index (χ3v) is 6.44. The Labute approximate surface area is 227 Å². The largest absolute Gasteiger partial charge is 0.493 e. The Morgan fingerprint density at radius 1 is 1.10 bits per heavy atom. The van der Waals surface area contributed by atoms with Crippen molar-refractivity contribution in [2.75, 3.05) is 31.5 Å². The minimum Gasteiger partial charge on any atom is -0.493 e. The predicted molar refractivity (Wildman–Crippen MR) is 150 cm³/mol. The minimum atomic E-state index is -0.336. The van der Waals surface area contributed by atoms with E-state index < -0.39 is 0 Å². The number of anilines is 2. The molecule has 0 radical (unpaired) electrons. The summed E-state index contributed by atoms with van der Waals surface area (Å²) in [6.45, 7) is 0.405. The van der Waals surface area contributed by atoms with Gasteiger partial charge in [0.05, 0.1) is 43.6 Å². The highest BCUT2D eigenvalue weighted by Gasteiger charge is 2.36. The second-order valence-corrected chi connectivity index (χ2v) is 8.89. The summed E-state index contributed by atoms with van der Waals surface area (Å²) >= 11 is 0. The van der Waals surface area contributed by atoms with Crippen molar-refractivity contribution < 1.29 is 28.6 Å². The summed E-state index contributed by atoms with van der Waals surface area (Å²) in [4.78, 5) is 39.9. The van der Waals surface area contributed by atoms with Gasteiger partial charge in [0.2, 0.25) is 0 Å². The smallest absolute Gasteiger partial charge is 0.305 e. The van der Waals surface area contributed by atoms with Crippen molar-refractivity contribution in [1.82, 2.24) is 0 Å². The molecule has 2 aliphatic rings. The molecular weight excluding hydrogens is 498 g/mol. The number of rotatable bonds is 8. The van der Waals surface area contributed by atoms with Crippen molar-refractivity contribution in [3.63, 3.8) is 0 Å². The summed E-state index contributed by atoms with van der Waals surface area (Å²) in [6, 6.07) is 19.4. The average Bonchev–Trinajstić information content (AvgIpc) is 3.29. The van der Waals surface area contributed by atoms with Gasteiger partial charge >= 0.3 is 5.97 Å². The molecule has 0 aromatic heterocycles. The number of methoxy groups -OCH3 is 2. The van der Waals surface area contributed by atoms with E-state index >= 15 is 0 Å². The van der Waals surface area contributed by atoms with Crippen molar-refractivity contribution in [3.05, 3.63) is 77.4 Å². The van der Waals surface area contributed by atoms with Crippen LogP contribution in [-0.2, 0) is 27.4 Å². The lowest BCUT2D eigenvalue weighted by Gasteiger charge is -2.22. The number of nitrogens with zero attached hydrogens (tertiary/aromatic N) is 2. The number of hydrogen-bond donors (Lipinski definition) is 1. The first kappa shape index (κ1) is 27.4. The number of carbonyl (C=O) groups is 3. The number of aliphatic imine (C=N–C) groups is 1. The number of carbonyl (C=O) groups excluding carboxylic acids is 3. The molecule has 9 heteroatoms. The van der Waals surface area contributed by atoms with Crippen molar-refractivity contribution in [1.29, 1.82) is 0 Å². The van der Waals surface area contributed by atoms with E-state index in [0.717, 1.165) is 28.9 Å². The number of benzene rings is 3. The molecule has 0 spiro atoms. The summed E-state index contributed by atoms with van der Waals surface area (Å²) in [6.07, 6.45) is 3.75. The fourth-order valence-corrected chi connectivity index (χ4v) is 4.40. The zero-order valence-electron chi connectivity index (χ0n) is 22.2. The second kappa shape index (κ2) is 12.7. The molecule has 1 unspecified atom stereocenters. The zero-order valence-corrected chi connectivity index (χ0v) is 22.2. The molecule has 2 heterocycles. The van der Waals surface area contributed by atoms with E-state index in [-0.39, 0.29) is 30.8 Å². The normalized spacial score (nSPS) is 14.6. The second-order valence-electron chi connectivity index (χ2n) is 8.89. The highest BCUT2D eigenvalue weighted by molar-refractivity contribution is 6.15. The van der Waals surface area contributed by atoms with Crippen LogP contribution in [0, 0.1) is 0 Å². The molecule has 0 saturated heterocycles. The molecule has 1 amide bonds. The van der Waals surface area contributed by atoms with Gasteiger partial charge in [-0.2, -0.15) is 0 Å². The van der Waals surface area contributed by atoms with Gasteiger partial charge in [-0.05, 0) is 29.3 Å². The Morgan fingerprint density at radius 2 is 1.90 bits per heavy atom. The number of hydrogen-bond acceptors (Lipinski definition) is 8. The molecule has 3 aromatic rings. The number of aldehydes is 1. The van der Waals surface area contributed by atoms with Gasteiger partial charge in [0.15, 0.2) is 11.5 Å². The average molecular weight is 530 g/mol. The molecule has 3 aromatic carbocycles. The molecule has 39 heavy (non-hydrogen) atoms. The molecule has 0 saturated carbocycles. The maximum absolute atomic E-state index is 13.6.